The lowest BCUT2D eigenvalue weighted by atomic mass is 9.91. The molecule has 1 aromatic heterocycles. The van der Waals surface area contributed by atoms with Crippen molar-refractivity contribution in [2.75, 3.05) is 22.9 Å². The highest BCUT2D eigenvalue weighted by Gasteiger charge is 2.46. The summed E-state index contributed by atoms with van der Waals surface area (Å²) in [6.07, 6.45) is 4.32. The molecule has 8 nitrogen and oxygen atoms in total. The SMILES string of the molecule is Cc1ccc(C(=O)C2=C(O)C(=O)N(c3ncc(S(=O)(=O)c4ccccc4)s3)C2c2cccc(Cl)c2)c(N2CCCCC2)c1. The lowest BCUT2D eigenvalue weighted by Crippen LogP contribution is -2.32. The highest BCUT2D eigenvalue weighted by molar-refractivity contribution is 7.93. The number of carbonyl (C=O) groups excluding carboxylic acids is 2. The first kappa shape index (κ1) is 29.1. The van der Waals surface area contributed by atoms with Crippen LogP contribution in [0.15, 0.2) is 99.4 Å². The zero-order valence-electron chi connectivity index (χ0n) is 23.2. The molecule has 0 bridgehead atoms. The van der Waals surface area contributed by atoms with E-state index in [0.29, 0.717) is 16.1 Å². The molecule has 6 rings (SSSR count). The van der Waals surface area contributed by atoms with Crippen molar-refractivity contribution in [1.29, 1.82) is 0 Å². The summed E-state index contributed by atoms with van der Waals surface area (Å²) in [5.41, 5.74) is 2.48. The number of piperidine rings is 1. The summed E-state index contributed by atoms with van der Waals surface area (Å²) < 4.78 is 26.5. The molecule has 4 aromatic rings. The molecule has 1 amide bonds. The number of Topliss-reactive ketones (excluding diaryl/α,β-unsaturated/α-hetero) is 1. The van der Waals surface area contributed by atoms with Gasteiger partial charge in [-0.25, -0.2) is 13.4 Å². The van der Waals surface area contributed by atoms with Gasteiger partial charge in [0.25, 0.3) is 5.91 Å². The molecule has 1 atom stereocenters. The number of hydrogen-bond acceptors (Lipinski definition) is 8. The quantitative estimate of drug-likeness (QED) is 0.225. The molecule has 0 spiro atoms. The van der Waals surface area contributed by atoms with Crippen LogP contribution in [-0.2, 0) is 14.6 Å². The molecule has 1 unspecified atom stereocenters. The van der Waals surface area contributed by atoms with E-state index in [2.05, 4.69) is 9.88 Å². The average Bonchev–Trinajstić information content (AvgIpc) is 3.61. The van der Waals surface area contributed by atoms with Gasteiger partial charge >= 0.3 is 0 Å². The third-order valence-corrected chi connectivity index (χ3v) is 11.2. The van der Waals surface area contributed by atoms with Gasteiger partial charge in [-0.1, -0.05) is 59.3 Å². The van der Waals surface area contributed by atoms with E-state index >= 15 is 0 Å². The predicted octanol–water partition coefficient (Wildman–Crippen LogP) is 6.71. The first-order chi connectivity index (χ1) is 20.7. The molecule has 3 heterocycles. The minimum absolute atomic E-state index is 0.0268. The van der Waals surface area contributed by atoms with E-state index in [1.54, 1.807) is 48.5 Å². The Bertz CT molecular complexity index is 1860. The molecular formula is C32H28ClN3O5S2. The molecule has 43 heavy (non-hydrogen) atoms. The summed E-state index contributed by atoms with van der Waals surface area (Å²) in [4.78, 5) is 35.9. The fourth-order valence-corrected chi connectivity index (χ4v) is 8.37. The Morgan fingerprint density at radius 3 is 2.47 bits per heavy atom. The Morgan fingerprint density at radius 1 is 1.00 bits per heavy atom. The number of halogens is 1. The fraction of sp³-hybridized carbons (Fsp3) is 0.219. The van der Waals surface area contributed by atoms with Gasteiger partial charge in [0.15, 0.2) is 16.7 Å². The highest BCUT2D eigenvalue weighted by Crippen LogP contribution is 2.45. The van der Waals surface area contributed by atoms with E-state index in [1.165, 1.54) is 23.2 Å². The maximum Gasteiger partial charge on any atom is 0.296 e. The number of benzene rings is 3. The monoisotopic (exact) mass is 633 g/mol. The van der Waals surface area contributed by atoms with Crippen molar-refractivity contribution in [2.45, 2.75) is 41.3 Å². The van der Waals surface area contributed by atoms with Crippen molar-refractivity contribution < 1.29 is 23.1 Å². The van der Waals surface area contributed by atoms with Crippen LogP contribution in [0.5, 0.6) is 0 Å². The molecule has 2 aliphatic rings. The number of amides is 1. The molecule has 11 heteroatoms. The molecule has 0 saturated carbocycles. The van der Waals surface area contributed by atoms with Gasteiger partial charge in [-0.2, -0.15) is 0 Å². The number of aliphatic hydroxyl groups excluding tert-OH is 1. The number of rotatable bonds is 7. The van der Waals surface area contributed by atoms with Gasteiger partial charge in [0.05, 0.1) is 22.7 Å². The van der Waals surface area contributed by atoms with Gasteiger partial charge in [-0.3, -0.25) is 14.5 Å². The van der Waals surface area contributed by atoms with Crippen LogP contribution in [0.4, 0.5) is 10.8 Å². The molecule has 220 valence electrons. The molecule has 1 saturated heterocycles. The van der Waals surface area contributed by atoms with Crippen LogP contribution in [0.25, 0.3) is 0 Å². The molecule has 0 radical (unpaired) electrons. The number of sulfone groups is 1. The van der Waals surface area contributed by atoms with E-state index in [-0.39, 0.29) is 19.8 Å². The zero-order valence-corrected chi connectivity index (χ0v) is 25.6. The first-order valence-electron chi connectivity index (χ1n) is 13.9. The molecule has 0 aliphatic carbocycles. The van der Waals surface area contributed by atoms with Crippen molar-refractivity contribution in [3.8, 4) is 0 Å². The number of ketones is 1. The van der Waals surface area contributed by atoms with E-state index < -0.39 is 33.3 Å². The van der Waals surface area contributed by atoms with Crippen molar-refractivity contribution >= 4 is 55.3 Å². The summed E-state index contributed by atoms with van der Waals surface area (Å²) in [5, 5.41) is 11.7. The number of aliphatic hydroxyl groups is 1. The van der Waals surface area contributed by atoms with Gasteiger partial charge in [0.2, 0.25) is 9.84 Å². The van der Waals surface area contributed by atoms with Crippen LogP contribution in [0.2, 0.25) is 5.02 Å². The Hall–Kier alpha value is -3.99. The van der Waals surface area contributed by atoms with Gasteiger partial charge in [-0.05, 0) is 73.7 Å². The first-order valence-corrected chi connectivity index (χ1v) is 16.5. The summed E-state index contributed by atoms with van der Waals surface area (Å²) in [6.45, 7) is 3.56. The summed E-state index contributed by atoms with van der Waals surface area (Å²) in [6, 6.07) is 19.0. The highest BCUT2D eigenvalue weighted by atomic mass is 35.5. The second kappa shape index (κ2) is 11.6. The topological polar surface area (TPSA) is 108 Å². The minimum Gasteiger partial charge on any atom is -0.503 e. The van der Waals surface area contributed by atoms with E-state index in [1.807, 2.05) is 19.1 Å². The van der Waals surface area contributed by atoms with Crippen molar-refractivity contribution in [3.63, 3.8) is 0 Å². The smallest absolute Gasteiger partial charge is 0.296 e. The lowest BCUT2D eigenvalue weighted by molar-refractivity contribution is -0.117. The van der Waals surface area contributed by atoms with Crippen LogP contribution in [-0.4, -0.2) is 43.3 Å². The lowest BCUT2D eigenvalue weighted by Gasteiger charge is -2.31. The Balaban J connectivity index is 1.46. The second-order valence-electron chi connectivity index (χ2n) is 10.6. The molecule has 2 aliphatic heterocycles. The average molecular weight is 634 g/mol. The van der Waals surface area contributed by atoms with Crippen molar-refractivity contribution in [2.24, 2.45) is 0 Å². The fourth-order valence-electron chi connectivity index (χ4n) is 5.60. The predicted molar refractivity (Wildman–Crippen MR) is 167 cm³/mol. The molecule has 1 fully saturated rings. The Labute approximate surface area is 258 Å². The van der Waals surface area contributed by atoms with Crippen LogP contribution in [0, 0.1) is 6.92 Å². The second-order valence-corrected chi connectivity index (χ2v) is 14.2. The largest absolute Gasteiger partial charge is 0.503 e. The Kier molecular flexibility index (Phi) is 7.85. The van der Waals surface area contributed by atoms with Gasteiger partial charge < -0.3 is 10.0 Å². The number of aryl methyl sites for hydroxylation is 1. The van der Waals surface area contributed by atoms with Crippen molar-refractivity contribution in [3.05, 3.63) is 112 Å². The summed E-state index contributed by atoms with van der Waals surface area (Å²) in [5.74, 6) is -2.05. The van der Waals surface area contributed by atoms with Gasteiger partial charge in [0, 0.05) is 29.4 Å². The third kappa shape index (κ3) is 5.35. The maximum atomic E-state index is 14.4. The molecular weight excluding hydrogens is 606 g/mol. The van der Waals surface area contributed by atoms with E-state index in [0.717, 1.165) is 54.9 Å². The van der Waals surface area contributed by atoms with Crippen LogP contribution >= 0.6 is 22.9 Å². The molecule has 1 N–H and O–H groups in total. The maximum absolute atomic E-state index is 14.4. The Morgan fingerprint density at radius 2 is 1.74 bits per heavy atom. The van der Waals surface area contributed by atoms with E-state index in [4.69, 9.17) is 11.6 Å². The summed E-state index contributed by atoms with van der Waals surface area (Å²) in [7, 11) is -3.91. The number of anilines is 2. The number of thiazole rings is 1. The van der Waals surface area contributed by atoms with Crippen molar-refractivity contribution in [1.82, 2.24) is 4.98 Å². The number of hydrogen-bond donors (Lipinski definition) is 1. The summed E-state index contributed by atoms with van der Waals surface area (Å²) >= 11 is 7.14. The van der Waals surface area contributed by atoms with Crippen LogP contribution in [0.3, 0.4) is 0 Å². The van der Waals surface area contributed by atoms with Gasteiger partial charge in [-0.15, -0.1) is 0 Å². The van der Waals surface area contributed by atoms with Gasteiger partial charge in [0.1, 0.15) is 4.21 Å². The normalized spacial score (nSPS) is 17.5. The minimum atomic E-state index is -3.91. The van der Waals surface area contributed by atoms with Crippen LogP contribution < -0.4 is 9.80 Å². The molecule has 3 aromatic carbocycles. The standard InChI is InChI=1S/C32H28ClN3O5S2/c1-20-13-14-24(25(17-20)35-15-6-3-7-16-35)29(37)27-28(21-9-8-10-22(33)18-21)36(31(39)30(27)38)32-34-19-26(42-32)43(40,41)23-11-4-2-5-12-23/h2,4-5,8-14,17-19,28,38H,3,6-7,15-16H2,1H3. The number of carbonyl (C=O) groups is 2. The van der Waals surface area contributed by atoms with Crippen LogP contribution in [0.1, 0.15) is 46.8 Å². The third-order valence-electron chi connectivity index (χ3n) is 7.71. The van der Waals surface area contributed by atoms with E-state index in [9.17, 15) is 23.1 Å². The number of nitrogens with zero attached hydrogens (tertiary/aromatic N) is 3. The zero-order chi connectivity index (χ0) is 30.3. The number of aromatic nitrogens is 1.